The summed E-state index contributed by atoms with van der Waals surface area (Å²) < 4.78 is 27.0. The van der Waals surface area contributed by atoms with Gasteiger partial charge in [0.2, 0.25) is 10.0 Å². The Labute approximate surface area is 164 Å². The molecule has 7 heteroatoms. The lowest BCUT2D eigenvalue weighted by Gasteiger charge is -2.34. The number of benzene rings is 2. The van der Waals surface area contributed by atoms with Gasteiger partial charge in [0.1, 0.15) is 4.90 Å². The van der Waals surface area contributed by atoms with Crippen molar-refractivity contribution in [1.82, 2.24) is 9.21 Å². The number of rotatable bonds is 3. The first kappa shape index (κ1) is 18.5. The van der Waals surface area contributed by atoms with Gasteiger partial charge in [0.05, 0.1) is 5.02 Å². The summed E-state index contributed by atoms with van der Waals surface area (Å²) in [5.41, 5.74) is 3.29. The van der Waals surface area contributed by atoms with Crippen LogP contribution in [0.25, 0.3) is 0 Å². The van der Waals surface area contributed by atoms with Gasteiger partial charge in [0, 0.05) is 31.7 Å². The molecule has 0 aromatic heterocycles. The quantitative estimate of drug-likeness (QED) is 0.790. The first-order valence-corrected chi connectivity index (χ1v) is 10.9. The maximum absolute atomic E-state index is 12.8. The lowest BCUT2D eigenvalue weighted by molar-refractivity contribution is 0.0698. The van der Waals surface area contributed by atoms with E-state index in [1.807, 2.05) is 18.2 Å². The molecule has 1 fully saturated rings. The molecule has 0 radical (unpaired) electrons. The number of sulfonamides is 1. The molecule has 27 heavy (non-hydrogen) atoms. The van der Waals surface area contributed by atoms with Crippen molar-refractivity contribution >= 4 is 27.5 Å². The van der Waals surface area contributed by atoms with Gasteiger partial charge in [0.15, 0.2) is 0 Å². The molecule has 5 nitrogen and oxygen atoms in total. The van der Waals surface area contributed by atoms with Crippen molar-refractivity contribution in [3.8, 4) is 0 Å². The molecule has 0 bridgehead atoms. The van der Waals surface area contributed by atoms with E-state index >= 15 is 0 Å². The van der Waals surface area contributed by atoms with Gasteiger partial charge in [-0.3, -0.25) is 4.79 Å². The van der Waals surface area contributed by atoms with E-state index in [1.165, 1.54) is 21.5 Å². The van der Waals surface area contributed by atoms with Gasteiger partial charge in [-0.2, -0.15) is 4.31 Å². The van der Waals surface area contributed by atoms with Crippen LogP contribution >= 0.6 is 11.6 Å². The third-order valence-electron chi connectivity index (χ3n) is 5.33. The molecule has 1 saturated heterocycles. The summed E-state index contributed by atoms with van der Waals surface area (Å²) in [6.45, 7) is 1.29. The molecule has 1 aliphatic heterocycles. The number of carbonyl (C=O) groups excluding carboxylic acids is 1. The Morgan fingerprint density at radius 1 is 0.926 bits per heavy atom. The van der Waals surface area contributed by atoms with E-state index in [9.17, 15) is 13.2 Å². The van der Waals surface area contributed by atoms with E-state index in [2.05, 4.69) is 0 Å². The van der Waals surface area contributed by atoms with Gasteiger partial charge >= 0.3 is 0 Å². The Kier molecular flexibility index (Phi) is 4.97. The molecule has 0 saturated carbocycles. The zero-order chi connectivity index (χ0) is 19.0. The zero-order valence-corrected chi connectivity index (χ0v) is 16.5. The van der Waals surface area contributed by atoms with Gasteiger partial charge < -0.3 is 4.90 Å². The lowest BCUT2D eigenvalue weighted by Crippen LogP contribution is -2.50. The second-order valence-electron chi connectivity index (χ2n) is 6.96. The van der Waals surface area contributed by atoms with Gasteiger partial charge in [0.25, 0.3) is 5.91 Å². The molecule has 4 rings (SSSR count). The molecule has 1 aliphatic carbocycles. The number of piperazine rings is 1. The summed E-state index contributed by atoms with van der Waals surface area (Å²) in [7, 11) is -3.65. The van der Waals surface area contributed by atoms with E-state index in [0.717, 1.165) is 19.3 Å². The van der Waals surface area contributed by atoms with E-state index < -0.39 is 10.0 Å². The van der Waals surface area contributed by atoms with Crippen molar-refractivity contribution in [2.45, 2.75) is 24.2 Å². The smallest absolute Gasteiger partial charge is 0.253 e. The summed E-state index contributed by atoms with van der Waals surface area (Å²) in [4.78, 5) is 14.7. The van der Waals surface area contributed by atoms with Crippen LogP contribution in [0.15, 0.2) is 47.4 Å². The van der Waals surface area contributed by atoms with Crippen LogP contribution in [0.5, 0.6) is 0 Å². The molecule has 0 unspecified atom stereocenters. The fourth-order valence-electron chi connectivity index (χ4n) is 3.81. The Morgan fingerprint density at radius 3 is 2.37 bits per heavy atom. The second-order valence-corrected chi connectivity index (χ2v) is 9.28. The predicted octanol–water partition coefficient (Wildman–Crippen LogP) is 2.98. The molecular weight excluding hydrogens is 384 g/mol. The highest BCUT2D eigenvalue weighted by Crippen LogP contribution is 2.26. The highest BCUT2D eigenvalue weighted by atomic mass is 35.5. The lowest BCUT2D eigenvalue weighted by atomic mass is 10.1. The maximum atomic E-state index is 12.8. The molecule has 1 heterocycles. The molecule has 0 atom stereocenters. The molecule has 0 N–H and O–H groups in total. The Bertz CT molecular complexity index is 982. The monoisotopic (exact) mass is 404 g/mol. The average Bonchev–Trinajstić information content (AvgIpc) is 3.15. The fourth-order valence-corrected chi connectivity index (χ4v) is 5.73. The van der Waals surface area contributed by atoms with Crippen LogP contribution in [0.4, 0.5) is 0 Å². The van der Waals surface area contributed by atoms with Crippen LogP contribution in [-0.4, -0.2) is 49.7 Å². The molecule has 2 aromatic rings. The number of amides is 1. The molecule has 1 amide bonds. The van der Waals surface area contributed by atoms with Crippen molar-refractivity contribution in [2.75, 3.05) is 26.2 Å². The summed E-state index contributed by atoms with van der Waals surface area (Å²) >= 11 is 6.06. The standard InChI is InChI=1S/C20H21ClN2O3S/c21-18-6-1-2-7-19(18)27(25,26)23-12-10-22(11-13-23)20(24)17-9-8-15-4-3-5-16(15)14-17/h1-2,6-9,14H,3-5,10-13H2. The Balaban J connectivity index is 1.46. The average molecular weight is 405 g/mol. The highest BCUT2D eigenvalue weighted by molar-refractivity contribution is 7.89. The van der Waals surface area contributed by atoms with Gasteiger partial charge in [-0.05, 0) is 54.7 Å². The second kappa shape index (κ2) is 7.26. The number of hydrogen-bond donors (Lipinski definition) is 0. The molecule has 2 aromatic carbocycles. The van der Waals surface area contributed by atoms with Crippen molar-refractivity contribution in [3.05, 3.63) is 64.2 Å². The number of nitrogens with zero attached hydrogens (tertiary/aromatic N) is 2. The van der Waals surface area contributed by atoms with Crippen LogP contribution in [0, 0.1) is 0 Å². The summed E-state index contributed by atoms with van der Waals surface area (Å²) in [5, 5.41) is 0.217. The van der Waals surface area contributed by atoms with Crippen molar-refractivity contribution in [2.24, 2.45) is 0 Å². The summed E-state index contributed by atoms with van der Waals surface area (Å²) in [6.07, 6.45) is 3.26. The number of carbonyl (C=O) groups is 1. The number of fused-ring (bicyclic) bond motifs is 1. The maximum Gasteiger partial charge on any atom is 0.253 e. The van der Waals surface area contributed by atoms with Crippen LogP contribution in [0.3, 0.4) is 0 Å². The van der Waals surface area contributed by atoms with Gasteiger partial charge in [-0.1, -0.05) is 29.8 Å². The number of hydrogen-bond acceptors (Lipinski definition) is 3. The number of aryl methyl sites for hydroxylation is 2. The van der Waals surface area contributed by atoms with Crippen LogP contribution in [0.2, 0.25) is 5.02 Å². The van der Waals surface area contributed by atoms with Crippen LogP contribution in [-0.2, 0) is 22.9 Å². The molecular formula is C20H21ClN2O3S. The van der Waals surface area contributed by atoms with Crippen LogP contribution in [0.1, 0.15) is 27.9 Å². The molecule has 0 spiro atoms. The van der Waals surface area contributed by atoms with Crippen molar-refractivity contribution in [1.29, 1.82) is 0 Å². The van der Waals surface area contributed by atoms with Crippen molar-refractivity contribution < 1.29 is 13.2 Å². The first-order chi connectivity index (χ1) is 13.0. The van der Waals surface area contributed by atoms with Crippen molar-refractivity contribution in [3.63, 3.8) is 0 Å². The SMILES string of the molecule is O=C(c1ccc2c(c1)CCC2)N1CCN(S(=O)(=O)c2ccccc2Cl)CC1. The minimum absolute atomic E-state index is 0.0282. The normalized spacial score (nSPS) is 17.7. The summed E-state index contributed by atoms with van der Waals surface area (Å²) in [5.74, 6) is -0.0282. The predicted molar refractivity (Wildman–Crippen MR) is 105 cm³/mol. The highest BCUT2D eigenvalue weighted by Gasteiger charge is 2.31. The molecule has 142 valence electrons. The largest absolute Gasteiger partial charge is 0.336 e. The zero-order valence-electron chi connectivity index (χ0n) is 14.9. The minimum atomic E-state index is -3.65. The third-order valence-corrected chi connectivity index (χ3v) is 7.72. The summed E-state index contributed by atoms with van der Waals surface area (Å²) in [6, 6.07) is 12.4. The fraction of sp³-hybridized carbons (Fsp3) is 0.350. The topological polar surface area (TPSA) is 57.7 Å². The first-order valence-electron chi connectivity index (χ1n) is 9.12. The van der Waals surface area contributed by atoms with E-state index in [1.54, 1.807) is 23.1 Å². The van der Waals surface area contributed by atoms with Gasteiger partial charge in [-0.15, -0.1) is 0 Å². The minimum Gasteiger partial charge on any atom is -0.336 e. The van der Waals surface area contributed by atoms with Gasteiger partial charge in [-0.25, -0.2) is 8.42 Å². The van der Waals surface area contributed by atoms with E-state index in [0.29, 0.717) is 18.7 Å². The Morgan fingerprint density at radius 2 is 1.63 bits per heavy atom. The number of halogens is 1. The van der Waals surface area contributed by atoms with Crippen LogP contribution < -0.4 is 0 Å². The molecule has 2 aliphatic rings. The van der Waals surface area contributed by atoms with E-state index in [-0.39, 0.29) is 28.9 Å². The van der Waals surface area contributed by atoms with E-state index in [4.69, 9.17) is 11.6 Å². The third kappa shape index (κ3) is 3.49. The Hall–Kier alpha value is -1.89.